The molecule has 1 unspecified atom stereocenters. The van der Waals surface area contributed by atoms with E-state index >= 15 is 0 Å². The molecular formula is C23H17N3O4S. The van der Waals surface area contributed by atoms with Gasteiger partial charge in [0.15, 0.2) is 4.80 Å². The lowest BCUT2D eigenvalue weighted by Gasteiger charge is -2.24. The van der Waals surface area contributed by atoms with Crippen LogP contribution in [0.15, 0.2) is 69.6 Å². The summed E-state index contributed by atoms with van der Waals surface area (Å²) in [5, 5.41) is 18.8. The normalized spacial score (nSPS) is 15.8. The number of esters is 1. The first-order valence-electron chi connectivity index (χ1n) is 9.33. The van der Waals surface area contributed by atoms with E-state index in [-0.39, 0.29) is 16.9 Å². The average Bonchev–Trinajstić information content (AvgIpc) is 3.07. The van der Waals surface area contributed by atoms with Gasteiger partial charge in [0.05, 0.1) is 40.6 Å². The Morgan fingerprint density at radius 1 is 1.29 bits per heavy atom. The molecule has 3 aromatic rings. The van der Waals surface area contributed by atoms with Crippen LogP contribution in [0.1, 0.15) is 29.7 Å². The molecule has 0 radical (unpaired) electrons. The minimum absolute atomic E-state index is 0.0776. The van der Waals surface area contributed by atoms with Crippen molar-refractivity contribution < 1.29 is 14.6 Å². The first-order chi connectivity index (χ1) is 14.9. The second-order valence-electron chi connectivity index (χ2n) is 6.90. The van der Waals surface area contributed by atoms with Crippen molar-refractivity contribution >= 4 is 23.4 Å². The highest BCUT2D eigenvalue weighted by atomic mass is 32.1. The number of phenols is 1. The molecule has 8 heteroatoms. The molecule has 2 heterocycles. The lowest BCUT2D eigenvalue weighted by atomic mass is 9.96. The standard InChI is InChI=1S/C23H17N3O4S/c1-13-19(22(29)30-2)20(16-6-8-17(27)9-7-16)26-21(28)18(31-23(26)25-13)11-14-4-3-5-15(10-14)12-24/h3-11,20,27H,1-2H3. The predicted molar refractivity (Wildman–Crippen MR) is 115 cm³/mol. The molecule has 1 aliphatic heterocycles. The van der Waals surface area contributed by atoms with E-state index in [0.29, 0.717) is 26.2 Å². The van der Waals surface area contributed by atoms with Gasteiger partial charge >= 0.3 is 5.97 Å². The van der Waals surface area contributed by atoms with E-state index in [4.69, 9.17) is 10.00 Å². The Morgan fingerprint density at radius 2 is 2.03 bits per heavy atom. The number of phenolic OH excluding ortho intramolecular Hbond substituents is 1. The van der Waals surface area contributed by atoms with Gasteiger partial charge < -0.3 is 9.84 Å². The number of fused-ring (bicyclic) bond motifs is 1. The van der Waals surface area contributed by atoms with Crippen molar-refractivity contribution in [2.45, 2.75) is 13.0 Å². The zero-order chi connectivity index (χ0) is 22.1. The molecule has 0 fully saturated rings. The number of benzene rings is 2. The number of hydrogen-bond donors (Lipinski definition) is 1. The third-order valence-corrected chi connectivity index (χ3v) is 5.93. The van der Waals surface area contributed by atoms with Crippen LogP contribution >= 0.6 is 11.3 Å². The van der Waals surface area contributed by atoms with Gasteiger partial charge in [0, 0.05) is 0 Å². The van der Waals surface area contributed by atoms with Crippen LogP contribution in [0, 0.1) is 11.3 Å². The number of allylic oxidation sites excluding steroid dienone is 1. The van der Waals surface area contributed by atoms with E-state index in [1.807, 2.05) is 6.07 Å². The Balaban J connectivity index is 1.97. The Kier molecular flexibility index (Phi) is 5.28. The molecule has 0 spiro atoms. The molecule has 1 atom stereocenters. The SMILES string of the molecule is COC(=O)C1=C(C)N=c2sc(=Cc3cccc(C#N)c3)c(=O)n2C1c1ccc(O)cc1. The van der Waals surface area contributed by atoms with Gasteiger partial charge in [-0.25, -0.2) is 9.79 Å². The van der Waals surface area contributed by atoms with Crippen LogP contribution in [0.4, 0.5) is 0 Å². The summed E-state index contributed by atoms with van der Waals surface area (Å²) in [5.74, 6) is -0.496. The molecule has 1 aromatic heterocycles. The quantitative estimate of drug-likeness (QED) is 0.639. The Morgan fingerprint density at radius 3 is 2.71 bits per heavy atom. The van der Waals surface area contributed by atoms with Crippen LogP contribution in [0.5, 0.6) is 5.75 Å². The van der Waals surface area contributed by atoms with Crippen LogP contribution in [-0.2, 0) is 9.53 Å². The average molecular weight is 431 g/mol. The predicted octanol–water partition coefficient (Wildman–Crippen LogP) is 1.99. The van der Waals surface area contributed by atoms with Gasteiger partial charge in [-0.15, -0.1) is 0 Å². The fourth-order valence-electron chi connectivity index (χ4n) is 3.51. The number of carbonyl (C=O) groups excluding carboxylic acids is 1. The molecule has 0 amide bonds. The molecule has 0 saturated carbocycles. The number of hydrogen-bond acceptors (Lipinski definition) is 7. The van der Waals surface area contributed by atoms with Crippen LogP contribution < -0.4 is 14.9 Å². The van der Waals surface area contributed by atoms with Gasteiger partial charge in [-0.05, 0) is 48.4 Å². The van der Waals surface area contributed by atoms with Gasteiger partial charge in [0.2, 0.25) is 0 Å². The number of aromatic hydroxyl groups is 1. The van der Waals surface area contributed by atoms with Crippen molar-refractivity contribution in [2.75, 3.05) is 7.11 Å². The van der Waals surface area contributed by atoms with Gasteiger partial charge in [0.1, 0.15) is 5.75 Å². The molecule has 2 aromatic carbocycles. The summed E-state index contributed by atoms with van der Waals surface area (Å²) in [6.07, 6.45) is 1.70. The third-order valence-electron chi connectivity index (χ3n) is 4.95. The lowest BCUT2D eigenvalue weighted by Crippen LogP contribution is -2.39. The molecule has 0 aliphatic carbocycles. The summed E-state index contributed by atoms with van der Waals surface area (Å²) in [7, 11) is 1.28. The van der Waals surface area contributed by atoms with Gasteiger partial charge in [0.25, 0.3) is 5.56 Å². The van der Waals surface area contributed by atoms with Crippen LogP contribution in [0.2, 0.25) is 0 Å². The van der Waals surface area contributed by atoms with Crippen molar-refractivity contribution in [3.63, 3.8) is 0 Å². The van der Waals surface area contributed by atoms with Crippen LogP contribution in [-0.4, -0.2) is 22.8 Å². The van der Waals surface area contributed by atoms with Crippen molar-refractivity contribution in [1.29, 1.82) is 5.26 Å². The van der Waals surface area contributed by atoms with E-state index in [1.54, 1.807) is 43.3 Å². The van der Waals surface area contributed by atoms with Crippen molar-refractivity contribution in [2.24, 2.45) is 4.99 Å². The van der Waals surface area contributed by atoms with Crippen molar-refractivity contribution in [3.8, 4) is 11.8 Å². The minimum atomic E-state index is -0.739. The molecule has 31 heavy (non-hydrogen) atoms. The van der Waals surface area contributed by atoms with Gasteiger partial charge in [-0.2, -0.15) is 5.26 Å². The second kappa shape index (κ2) is 8.05. The molecule has 1 aliphatic rings. The third kappa shape index (κ3) is 3.67. The number of carbonyl (C=O) groups is 1. The molecule has 1 N–H and O–H groups in total. The Bertz CT molecular complexity index is 1440. The maximum absolute atomic E-state index is 13.4. The summed E-state index contributed by atoms with van der Waals surface area (Å²) in [6, 6.07) is 14.6. The summed E-state index contributed by atoms with van der Waals surface area (Å²) >= 11 is 1.21. The topological polar surface area (TPSA) is 105 Å². The number of thiazole rings is 1. The maximum atomic E-state index is 13.4. The van der Waals surface area contributed by atoms with E-state index in [1.165, 1.54) is 35.1 Å². The first kappa shape index (κ1) is 20.3. The molecular weight excluding hydrogens is 414 g/mol. The number of ether oxygens (including phenoxy) is 1. The first-order valence-corrected chi connectivity index (χ1v) is 10.1. The summed E-state index contributed by atoms with van der Waals surface area (Å²) in [5.41, 5.74) is 2.27. The summed E-state index contributed by atoms with van der Waals surface area (Å²) in [4.78, 5) is 30.9. The number of nitriles is 1. The highest BCUT2D eigenvalue weighted by molar-refractivity contribution is 7.07. The second-order valence-corrected chi connectivity index (χ2v) is 7.91. The molecule has 7 nitrogen and oxygen atoms in total. The fraction of sp³-hybridized carbons (Fsp3) is 0.130. The Hall–Kier alpha value is -3.96. The molecule has 154 valence electrons. The van der Waals surface area contributed by atoms with Gasteiger partial charge in [-0.3, -0.25) is 9.36 Å². The van der Waals surface area contributed by atoms with E-state index < -0.39 is 12.0 Å². The van der Waals surface area contributed by atoms with E-state index in [2.05, 4.69) is 11.1 Å². The zero-order valence-corrected chi connectivity index (χ0v) is 17.5. The molecule has 4 rings (SSSR count). The van der Waals surface area contributed by atoms with Gasteiger partial charge in [-0.1, -0.05) is 35.6 Å². The largest absolute Gasteiger partial charge is 0.508 e. The van der Waals surface area contributed by atoms with Crippen LogP contribution in [0.25, 0.3) is 6.08 Å². The lowest BCUT2D eigenvalue weighted by molar-refractivity contribution is -0.136. The highest BCUT2D eigenvalue weighted by Crippen LogP contribution is 2.31. The van der Waals surface area contributed by atoms with E-state index in [0.717, 1.165) is 5.56 Å². The van der Waals surface area contributed by atoms with Crippen molar-refractivity contribution in [3.05, 3.63) is 96.2 Å². The monoisotopic (exact) mass is 431 g/mol. The van der Waals surface area contributed by atoms with Crippen LogP contribution in [0.3, 0.4) is 0 Å². The van der Waals surface area contributed by atoms with Crippen molar-refractivity contribution in [1.82, 2.24) is 4.57 Å². The number of methoxy groups -OCH3 is 1. The zero-order valence-electron chi connectivity index (χ0n) is 16.7. The Labute approximate surface area is 181 Å². The molecule has 0 saturated heterocycles. The molecule has 0 bridgehead atoms. The van der Waals surface area contributed by atoms with E-state index in [9.17, 15) is 14.7 Å². The number of nitrogens with zero attached hydrogens (tertiary/aromatic N) is 3. The number of aromatic nitrogens is 1. The number of rotatable bonds is 3. The maximum Gasteiger partial charge on any atom is 0.338 e. The fourth-order valence-corrected chi connectivity index (χ4v) is 4.56. The smallest absolute Gasteiger partial charge is 0.338 e. The highest BCUT2D eigenvalue weighted by Gasteiger charge is 2.33. The minimum Gasteiger partial charge on any atom is -0.508 e. The summed E-state index contributed by atoms with van der Waals surface area (Å²) in [6.45, 7) is 1.70. The summed E-state index contributed by atoms with van der Waals surface area (Å²) < 4.78 is 6.86.